The Morgan fingerprint density at radius 1 is 1.09 bits per heavy atom. The van der Waals surface area contributed by atoms with Gasteiger partial charge in [-0.15, -0.1) is 0 Å². The zero-order valence-corrected chi connectivity index (χ0v) is 19.5. The molecular weight excluding hydrogens is 432 g/mol. The number of carbonyl (C=O) groups is 3. The Morgan fingerprint density at radius 2 is 1.74 bits per heavy atom. The number of carbonyl (C=O) groups excluding carboxylic acids is 2. The minimum absolute atomic E-state index is 0.00817. The number of carboxylic acids is 1. The van der Waals surface area contributed by atoms with E-state index in [0.717, 1.165) is 24.0 Å². The summed E-state index contributed by atoms with van der Waals surface area (Å²) >= 11 is 0. The van der Waals surface area contributed by atoms with Gasteiger partial charge in [-0.2, -0.15) is 0 Å². The van der Waals surface area contributed by atoms with Crippen LogP contribution in [0.2, 0.25) is 0 Å². The molecule has 0 aromatic heterocycles. The molecule has 2 aliphatic rings. The lowest BCUT2D eigenvalue weighted by atomic mass is 9.93. The number of ether oxygens (including phenoxy) is 1. The van der Waals surface area contributed by atoms with Crippen LogP contribution in [0.25, 0.3) is 11.1 Å². The van der Waals surface area contributed by atoms with Crippen LogP contribution in [0.5, 0.6) is 0 Å². The largest absolute Gasteiger partial charge is 0.481 e. The molecule has 4 rings (SSSR count). The van der Waals surface area contributed by atoms with E-state index in [0.29, 0.717) is 19.5 Å². The van der Waals surface area contributed by atoms with E-state index in [-0.39, 0.29) is 43.2 Å². The van der Waals surface area contributed by atoms with E-state index in [9.17, 15) is 14.4 Å². The topological polar surface area (TPSA) is 95.9 Å². The summed E-state index contributed by atoms with van der Waals surface area (Å²) in [5, 5.41) is 11.7. The smallest absolute Gasteiger partial charge is 0.407 e. The first kappa shape index (κ1) is 23.8. The summed E-state index contributed by atoms with van der Waals surface area (Å²) in [4.78, 5) is 37.8. The fourth-order valence-corrected chi connectivity index (χ4v) is 5.14. The van der Waals surface area contributed by atoms with Crippen LogP contribution in [0.1, 0.15) is 56.1 Å². The third-order valence-corrected chi connectivity index (χ3v) is 6.83. The number of nitrogens with one attached hydrogen (secondary N) is 1. The van der Waals surface area contributed by atoms with E-state index in [2.05, 4.69) is 29.6 Å². The van der Waals surface area contributed by atoms with Crippen molar-refractivity contribution in [3.63, 3.8) is 0 Å². The molecule has 7 heteroatoms. The van der Waals surface area contributed by atoms with E-state index in [4.69, 9.17) is 9.84 Å². The molecule has 1 aliphatic carbocycles. The van der Waals surface area contributed by atoms with Gasteiger partial charge in [0.25, 0.3) is 0 Å². The Labute approximate surface area is 200 Å². The number of benzene rings is 2. The zero-order valence-electron chi connectivity index (χ0n) is 19.5. The van der Waals surface area contributed by atoms with Gasteiger partial charge in [0.05, 0.1) is 0 Å². The van der Waals surface area contributed by atoms with Gasteiger partial charge in [-0.3, -0.25) is 9.59 Å². The molecule has 7 nitrogen and oxygen atoms in total. The number of hydrogen-bond donors (Lipinski definition) is 2. The third kappa shape index (κ3) is 5.58. The first-order chi connectivity index (χ1) is 16.4. The van der Waals surface area contributed by atoms with Crippen LogP contribution in [0.15, 0.2) is 48.5 Å². The highest BCUT2D eigenvalue weighted by molar-refractivity contribution is 5.79. The molecule has 2 aromatic carbocycles. The summed E-state index contributed by atoms with van der Waals surface area (Å²) in [7, 11) is 0. The van der Waals surface area contributed by atoms with Crippen molar-refractivity contribution in [3.05, 3.63) is 59.7 Å². The SMILES string of the molecule is C[C@@H](CC(=O)N1CCCC(CCC(=O)O)C1)NC(=O)OCC1c2ccccc2-c2ccccc21. The van der Waals surface area contributed by atoms with Gasteiger partial charge in [-0.1, -0.05) is 48.5 Å². The molecule has 1 aliphatic heterocycles. The first-order valence-corrected chi connectivity index (χ1v) is 12.0. The number of rotatable bonds is 8. The summed E-state index contributed by atoms with van der Waals surface area (Å²) < 4.78 is 5.58. The Morgan fingerprint density at radius 3 is 2.38 bits per heavy atom. The highest BCUT2D eigenvalue weighted by Gasteiger charge is 2.29. The van der Waals surface area contributed by atoms with Crippen molar-refractivity contribution in [1.29, 1.82) is 0 Å². The molecule has 180 valence electrons. The molecule has 0 saturated carbocycles. The van der Waals surface area contributed by atoms with Crippen LogP contribution in [0.4, 0.5) is 4.79 Å². The van der Waals surface area contributed by atoms with Crippen LogP contribution in [-0.2, 0) is 14.3 Å². The van der Waals surface area contributed by atoms with Gasteiger partial charge < -0.3 is 20.1 Å². The predicted octanol–water partition coefficient (Wildman–Crippen LogP) is 4.41. The maximum atomic E-state index is 12.7. The maximum absolute atomic E-state index is 12.7. The Hall–Kier alpha value is -3.35. The van der Waals surface area contributed by atoms with Gasteiger partial charge in [0, 0.05) is 37.9 Å². The highest BCUT2D eigenvalue weighted by atomic mass is 16.5. The van der Waals surface area contributed by atoms with Crippen LogP contribution in [0.3, 0.4) is 0 Å². The fourth-order valence-electron chi connectivity index (χ4n) is 5.14. The molecule has 2 aromatic rings. The normalized spacial score (nSPS) is 18.0. The molecule has 0 spiro atoms. The molecule has 34 heavy (non-hydrogen) atoms. The standard InChI is InChI=1S/C27H32N2O5/c1-18(15-25(30)29-14-6-7-19(16-29)12-13-26(31)32)28-27(33)34-17-24-22-10-4-2-8-20(22)21-9-3-5-11-23(21)24/h2-5,8-11,18-19,24H,6-7,12-17H2,1H3,(H,28,33)(H,31,32)/t18-,19?/m0/s1. The second-order valence-corrected chi connectivity index (χ2v) is 9.36. The van der Waals surface area contributed by atoms with Crippen molar-refractivity contribution in [2.75, 3.05) is 19.7 Å². The number of hydrogen-bond acceptors (Lipinski definition) is 4. The van der Waals surface area contributed by atoms with Gasteiger partial charge >= 0.3 is 12.1 Å². The molecule has 2 amide bonds. The number of aliphatic carboxylic acids is 1. The van der Waals surface area contributed by atoms with Gasteiger partial charge in [0.2, 0.25) is 5.91 Å². The lowest BCUT2D eigenvalue weighted by molar-refractivity contribution is -0.137. The second-order valence-electron chi connectivity index (χ2n) is 9.36. The van der Waals surface area contributed by atoms with Crippen molar-refractivity contribution < 1.29 is 24.2 Å². The van der Waals surface area contributed by atoms with Crippen LogP contribution >= 0.6 is 0 Å². The van der Waals surface area contributed by atoms with Crippen molar-refractivity contribution in [1.82, 2.24) is 10.2 Å². The Kier molecular flexibility index (Phi) is 7.50. The van der Waals surface area contributed by atoms with Crippen LogP contribution < -0.4 is 5.32 Å². The first-order valence-electron chi connectivity index (χ1n) is 12.0. The van der Waals surface area contributed by atoms with Gasteiger partial charge in [0.15, 0.2) is 0 Å². The zero-order chi connectivity index (χ0) is 24.1. The van der Waals surface area contributed by atoms with E-state index in [1.165, 1.54) is 11.1 Å². The number of carboxylic acid groups (broad SMARTS) is 1. The summed E-state index contributed by atoms with van der Waals surface area (Å²) in [6.07, 6.45) is 2.21. The number of amides is 2. The maximum Gasteiger partial charge on any atom is 0.407 e. The number of nitrogens with zero attached hydrogens (tertiary/aromatic N) is 1. The van der Waals surface area contributed by atoms with Crippen LogP contribution in [-0.4, -0.2) is 53.7 Å². The van der Waals surface area contributed by atoms with Crippen molar-refractivity contribution in [2.24, 2.45) is 5.92 Å². The van der Waals surface area contributed by atoms with E-state index in [1.807, 2.05) is 24.3 Å². The van der Waals surface area contributed by atoms with E-state index < -0.39 is 12.1 Å². The van der Waals surface area contributed by atoms with Crippen molar-refractivity contribution >= 4 is 18.0 Å². The van der Waals surface area contributed by atoms with Gasteiger partial charge in [-0.25, -0.2) is 4.79 Å². The molecule has 1 saturated heterocycles. The minimum Gasteiger partial charge on any atom is -0.481 e. The average Bonchev–Trinajstić information content (AvgIpc) is 3.15. The summed E-state index contributed by atoms with van der Waals surface area (Å²) in [5.74, 6) is -0.610. The van der Waals surface area contributed by atoms with E-state index >= 15 is 0 Å². The Bertz CT molecular complexity index is 1010. The molecule has 2 N–H and O–H groups in total. The number of piperidine rings is 1. The molecular formula is C27H32N2O5. The molecule has 1 fully saturated rings. The predicted molar refractivity (Wildman–Crippen MR) is 128 cm³/mol. The Balaban J connectivity index is 1.26. The minimum atomic E-state index is -0.802. The lowest BCUT2D eigenvalue weighted by Gasteiger charge is -2.33. The highest BCUT2D eigenvalue weighted by Crippen LogP contribution is 2.44. The van der Waals surface area contributed by atoms with Crippen LogP contribution in [0, 0.1) is 5.92 Å². The molecule has 2 atom stereocenters. The molecule has 0 bridgehead atoms. The number of likely N-dealkylation sites (tertiary alicyclic amines) is 1. The third-order valence-electron chi connectivity index (χ3n) is 6.83. The second kappa shape index (κ2) is 10.7. The molecule has 1 unspecified atom stereocenters. The summed E-state index contributed by atoms with van der Waals surface area (Å²) in [6, 6.07) is 16.0. The number of fused-ring (bicyclic) bond motifs is 3. The van der Waals surface area contributed by atoms with Gasteiger partial charge in [0.1, 0.15) is 6.61 Å². The van der Waals surface area contributed by atoms with Gasteiger partial charge in [-0.05, 0) is 54.4 Å². The quantitative estimate of drug-likeness (QED) is 0.603. The lowest BCUT2D eigenvalue weighted by Crippen LogP contribution is -2.43. The molecule has 1 heterocycles. The molecule has 0 radical (unpaired) electrons. The number of alkyl carbamates (subject to hydrolysis) is 1. The summed E-state index contributed by atoms with van der Waals surface area (Å²) in [5.41, 5.74) is 4.66. The van der Waals surface area contributed by atoms with Crippen molar-refractivity contribution in [2.45, 2.75) is 51.0 Å². The summed E-state index contributed by atoms with van der Waals surface area (Å²) in [6.45, 7) is 3.30. The monoisotopic (exact) mass is 464 g/mol. The van der Waals surface area contributed by atoms with E-state index in [1.54, 1.807) is 11.8 Å². The van der Waals surface area contributed by atoms with Crippen molar-refractivity contribution in [3.8, 4) is 11.1 Å². The fraction of sp³-hybridized carbons (Fsp3) is 0.444. The average molecular weight is 465 g/mol.